The molecule has 3 aromatic rings. The van der Waals surface area contributed by atoms with Crippen molar-refractivity contribution < 1.29 is 5.11 Å². The van der Waals surface area contributed by atoms with E-state index in [0.717, 1.165) is 5.56 Å². The van der Waals surface area contributed by atoms with Crippen molar-refractivity contribution in [2.45, 2.75) is 0 Å². The number of hydrogen-bond donors (Lipinski definition) is 3. The van der Waals surface area contributed by atoms with E-state index in [4.69, 9.17) is 28.3 Å². The summed E-state index contributed by atoms with van der Waals surface area (Å²) in [5.41, 5.74) is 2.15. The number of aliphatic hydroxyl groups is 1. The number of anilines is 3. The number of rotatable bonds is 6. The Morgan fingerprint density at radius 2 is 1.72 bits per heavy atom. The Labute approximate surface area is 154 Å². The predicted octanol–water partition coefficient (Wildman–Crippen LogP) is 3.99. The molecule has 0 aliphatic rings. The second-order valence-electron chi connectivity index (χ2n) is 5.07. The van der Waals surface area contributed by atoms with E-state index in [1.165, 1.54) is 0 Å². The van der Waals surface area contributed by atoms with Crippen molar-refractivity contribution in [2.24, 2.45) is 0 Å². The standard InChI is InChI=1S/C17H15Cl2N5O/c18-12-2-1-3-13(19)16(12)23-15-10-14(11-4-6-20-7-5-11)22-17(24-15)21-8-9-25/h1-7,10,25H,8-9H2,(H2,21,22,23,24). The highest BCUT2D eigenvalue weighted by atomic mass is 35.5. The van der Waals surface area contributed by atoms with Gasteiger partial charge < -0.3 is 15.7 Å². The molecule has 0 saturated heterocycles. The van der Waals surface area contributed by atoms with Gasteiger partial charge in [-0.3, -0.25) is 4.98 Å². The van der Waals surface area contributed by atoms with E-state index in [1.54, 1.807) is 36.7 Å². The monoisotopic (exact) mass is 375 g/mol. The largest absolute Gasteiger partial charge is 0.395 e. The van der Waals surface area contributed by atoms with Crippen LogP contribution in [0, 0.1) is 0 Å². The van der Waals surface area contributed by atoms with Gasteiger partial charge in [0.25, 0.3) is 0 Å². The molecule has 0 unspecified atom stereocenters. The molecule has 0 radical (unpaired) electrons. The molecule has 2 aromatic heterocycles. The van der Waals surface area contributed by atoms with Crippen LogP contribution in [-0.4, -0.2) is 33.2 Å². The maximum atomic E-state index is 9.01. The van der Waals surface area contributed by atoms with E-state index in [0.29, 0.717) is 39.7 Å². The second-order valence-corrected chi connectivity index (χ2v) is 5.88. The molecule has 25 heavy (non-hydrogen) atoms. The molecule has 0 aliphatic carbocycles. The van der Waals surface area contributed by atoms with Crippen molar-refractivity contribution in [3.8, 4) is 11.3 Å². The minimum absolute atomic E-state index is 0.0258. The van der Waals surface area contributed by atoms with Gasteiger partial charge in [0.1, 0.15) is 5.82 Å². The molecule has 128 valence electrons. The van der Waals surface area contributed by atoms with Crippen LogP contribution >= 0.6 is 23.2 Å². The Morgan fingerprint density at radius 3 is 2.40 bits per heavy atom. The smallest absolute Gasteiger partial charge is 0.225 e. The predicted molar refractivity (Wildman–Crippen MR) is 101 cm³/mol. The number of benzene rings is 1. The van der Waals surface area contributed by atoms with Gasteiger partial charge in [-0.1, -0.05) is 29.3 Å². The summed E-state index contributed by atoms with van der Waals surface area (Å²) in [6.45, 7) is 0.314. The van der Waals surface area contributed by atoms with Crippen LogP contribution in [0.25, 0.3) is 11.3 Å². The fourth-order valence-corrected chi connectivity index (χ4v) is 2.67. The number of aliphatic hydroxyl groups excluding tert-OH is 1. The molecule has 0 aliphatic heterocycles. The summed E-state index contributed by atoms with van der Waals surface area (Å²) in [6.07, 6.45) is 3.38. The summed E-state index contributed by atoms with van der Waals surface area (Å²) in [5, 5.41) is 16.1. The van der Waals surface area contributed by atoms with Gasteiger partial charge in [-0.15, -0.1) is 0 Å². The van der Waals surface area contributed by atoms with Crippen molar-refractivity contribution in [3.05, 3.63) is 58.8 Å². The lowest BCUT2D eigenvalue weighted by Gasteiger charge is -2.13. The third-order valence-electron chi connectivity index (χ3n) is 3.31. The van der Waals surface area contributed by atoms with Gasteiger partial charge in [0.05, 0.1) is 28.0 Å². The summed E-state index contributed by atoms with van der Waals surface area (Å²) in [5.74, 6) is 0.909. The highest BCUT2D eigenvalue weighted by Crippen LogP contribution is 2.33. The quantitative estimate of drug-likeness (QED) is 0.603. The molecule has 3 N–H and O–H groups in total. The van der Waals surface area contributed by atoms with Crippen molar-refractivity contribution in [2.75, 3.05) is 23.8 Å². The number of aromatic nitrogens is 3. The zero-order valence-electron chi connectivity index (χ0n) is 13.1. The highest BCUT2D eigenvalue weighted by Gasteiger charge is 2.10. The molecule has 1 aromatic carbocycles. The summed E-state index contributed by atoms with van der Waals surface area (Å²) >= 11 is 12.4. The number of nitrogens with zero attached hydrogens (tertiary/aromatic N) is 3. The van der Waals surface area contributed by atoms with Gasteiger partial charge in [0.2, 0.25) is 5.95 Å². The number of nitrogens with one attached hydrogen (secondary N) is 2. The number of hydrogen-bond acceptors (Lipinski definition) is 6. The SMILES string of the molecule is OCCNc1nc(Nc2c(Cl)cccc2Cl)cc(-c2ccncc2)n1. The fourth-order valence-electron chi connectivity index (χ4n) is 2.17. The summed E-state index contributed by atoms with van der Waals surface area (Å²) < 4.78 is 0. The van der Waals surface area contributed by atoms with Crippen LogP contribution < -0.4 is 10.6 Å². The maximum Gasteiger partial charge on any atom is 0.225 e. The van der Waals surface area contributed by atoms with Gasteiger partial charge in [-0.25, -0.2) is 4.98 Å². The van der Waals surface area contributed by atoms with E-state index < -0.39 is 0 Å². The Morgan fingerprint density at radius 1 is 1.00 bits per heavy atom. The van der Waals surface area contributed by atoms with Crippen LogP contribution in [0.15, 0.2) is 48.8 Å². The number of para-hydroxylation sites is 1. The minimum Gasteiger partial charge on any atom is -0.395 e. The van der Waals surface area contributed by atoms with Crippen LogP contribution in [-0.2, 0) is 0 Å². The molecule has 0 spiro atoms. The topological polar surface area (TPSA) is 83.0 Å². The van der Waals surface area contributed by atoms with Gasteiger partial charge in [-0.2, -0.15) is 4.98 Å². The van der Waals surface area contributed by atoms with Crippen molar-refractivity contribution in [3.63, 3.8) is 0 Å². The average molecular weight is 376 g/mol. The van der Waals surface area contributed by atoms with Crippen LogP contribution in [0.4, 0.5) is 17.5 Å². The third-order valence-corrected chi connectivity index (χ3v) is 3.94. The van der Waals surface area contributed by atoms with Crippen molar-refractivity contribution in [1.82, 2.24) is 15.0 Å². The van der Waals surface area contributed by atoms with Crippen molar-refractivity contribution in [1.29, 1.82) is 0 Å². The van der Waals surface area contributed by atoms with E-state index in [-0.39, 0.29) is 6.61 Å². The Balaban J connectivity index is 2.00. The fraction of sp³-hybridized carbons (Fsp3) is 0.118. The Hall–Kier alpha value is -2.41. The summed E-state index contributed by atoms with van der Waals surface area (Å²) in [4.78, 5) is 12.9. The maximum absolute atomic E-state index is 9.01. The molecule has 0 atom stereocenters. The molecule has 0 bridgehead atoms. The molecule has 0 saturated carbocycles. The van der Waals surface area contributed by atoms with Crippen LogP contribution in [0.3, 0.4) is 0 Å². The Kier molecular flexibility index (Phi) is 5.65. The van der Waals surface area contributed by atoms with E-state index in [2.05, 4.69) is 25.6 Å². The minimum atomic E-state index is -0.0258. The van der Waals surface area contributed by atoms with Gasteiger partial charge in [0.15, 0.2) is 0 Å². The summed E-state index contributed by atoms with van der Waals surface area (Å²) in [6, 6.07) is 10.7. The second kappa shape index (κ2) is 8.11. The summed E-state index contributed by atoms with van der Waals surface area (Å²) in [7, 11) is 0. The van der Waals surface area contributed by atoms with Crippen LogP contribution in [0.5, 0.6) is 0 Å². The molecule has 3 rings (SSSR count). The van der Waals surface area contributed by atoms with E-state index in [1.807, 2.05) is 12.1 Å². The molecule has 0 fully saturated rings. The molecule has 2 heterocycles. The third kappa shape index (κ3) is 4.36. The van der Waals surface area contributed by atoms with Crippen LogP contribution in [0.2, 0.25) is 10.0 Å². The number of pyridine rings is 1. The normalized spacial score (nSPS) is 10.5. The first kappa shape index (κ1) is 17.4. The zero-order valence-corrected chi connectivity index (χ0v) is 14.6. The molecule has 0 amide bonds. The lowest BCUT2D eigenvalue weighted by Crippen LogP contribution is -2.10. The van der Waals surface area contributed by atoms with Gasteiger partial charge in [-0.05, 0) is 24.3 Å². The first-order valence-electron chi connectivity index (χ1n) is 7.52. The average Bonchev–Trinajstić information content (AvgIpc) is 2.64. The van der Waals surface area contributed by atoms with E-state index in [9.17, 15) is 0 Å². The van der Waals surface area contributed by atoms with Crippen LogP contribution in [0.1, 0.15) is 0 Å². The molecule has 8 heteroatoms. The van der Waals surface area contributed by atoms with E-state index >= 15 is 0 Å². The molecule has 6 nitrogen and oxygen atoms in total. The first-order chi connectivity index (χ1) is 12.2. The lowest BCUT2D eigenvalue weighted by atomic mass is 10.2. The highest BCUT2D eigenvalue weighted by molar-refractivity contribution is 6.39. The number of halogens is 2. The molecular weight excluding hydrogens is 361 g/mol. The Bertz CT molecular complexity index is 841. The molecular formula is C17H15Cl2N5O. The van der Waals surface area contributed by atoms with Gasteiger partial charge in [0, 0.05) is 30.6 Å². The first-order valence-corrected chi connectivity index (χ1v) is 8.28. The van der Waals surface area contributed by atoms with Gasteiger partial charge >= 0.3 is 0 Å². The lowest BCUT2D eigenvalue weighted by molar-refractivity contribution is 0.311. The van der Waals surface area contributed by atoms with Crippen molar-refractivity contribution >= 4 is 40.7 Å². The zero-order chi connectivity index (χ0) is 17.6.